The molecule has 0 aromatic heterocycles. The zero-order valence-electron chi connectivity index (χ0n) is 12.5. The van der Waals surface area contributed by atoms with Gasteiger partial charge in [0, 0.05) is 31.2 Å². The van der Waals surface area contributed by atoms with Crippen LogP contribution in [0.25, 0.3) is 0 Å². The van der Waals surface area contributed by atoms with Crippen molar-refractivity contribution in [1.82, 2.24) is 5.32 Å². The fourth-order valence-corrected chi connectivity index (χ4v) is 3.66. The molecule has 0 bridgehead atoms. The Labute approximate surface area is 118 Å². The lowest BCUT2D eigenvalue weighted by Crippen LogP contribution is -2.46. The van der Waals surface area contributed by atoms with Gasteiger partial charge in [-0.15, -0.1) is 0 Å². The van der Waals surface area contributed by atoms with E-state index < -0.39 is 0 Å². The Kier molecular flexibility index (Phi) is 6.11. The van der Waals surface area contributed by atoms with E-state index in [1.165, 1.54) is 38.5 Å². The minimum absolute atomic E-state index is 0.0795. The Hall–Kier alpha value is -0.120. The summed E-state index contributed by atoms with van der Waals surface area (Å²) in [5.41, 5.74) is 0.0795. The number of rotatable bonds is 7. The van der Waals surface area contributed by atoms with Gasteiger partial charge in [0.05, 0.1) is 6.61 Å². The van der Waals surface area contributed by atoms with E-state index in [0.29, 0.717) is 12.6 Å². The molecule has 2 unspecified atom stereocenters. The first-order chi connectivity index (χ1) is 9.29. The van der Waals surface area contributed by atoms with Crippen LogP contribution in [0.5, 0.6) is 0 Å². The third-order valence-corrected chi connectivity index (χ3v) is 5.22. The Morgan fingerprint density at radius 2 is 2.05 bits per heavy atom. The molecule has 0 aromatic carbocycles. The van der Waals surface area contributed by atoms with Crippen molar-refractivity contribution in [2.45, 2.75) is 64.3 Å². The molecule has 1 aliphatic carbocycles. The molecule has 2 rings (SSSR count). The summed E-state index contributed by atoms with van der Waals surface area (Å²) in [6.07, 6.45) is 10.2. The summed E-state index contributed by atoms with van der Waals surface area (Å²) < 4.78 is 5.43. The predicted molar refractivity (Wildman–Crippen MR) is 78.2 cm³/mol. The molecule has 2 fully saturated rings. The summed E-state index contributed by atoms with van der Waals surface area (Å²) in [6.45, 7) is 5.17. The molecular formula is C16H31NO2. The number of hydrogen-bond donors (Lipinski definition) is 2. The van der Waals surface area contributed by atoms with Crippen molar-refractivity contribution in [1.29, 1.82) is 0 Å². The van der Waals surface area contributed by atoms with Crippen molar-refractivity contribution in [3.05, 3.63) is 0 Å². The van der Waals surface area contributed by atoms with Crippen LogP contribution in [0.15, 0.2) is 0 Å². The van der Waals surface area contributed by atoms with E-state index in [1.807, 2.05) is 0 Å². The molecule has 1 aliphatic heterocycles. The monoisotopic (exact) mass is 269 g/mol. The maximum Gasteiger partial charge on any atom is 0.0501 e. The van der Waals surface area contributed by atoms with Crippen LogP contribution in [0.1, 0.15) is 58.3 Å². The second kappa shape index (κ2) is 7.61. The van der Waals surface area contributed by atoms with Crippen molar-refractivity contribution in [2.24, 2.45) is 11.3 Å². The number of unbranched alkanes of at least 4 members (excludes halogenated alkanes) is 1. The number of aliphatic hydroxyl groups is 1. The van der Waals surface area contributed by atoms with Crippen molar-refractivity contribution in [3.63, 3.8) is 0 Å². The molecular weight excluding hydrogens is 238 g/mol. The Morgan fingerprint density at radius 3 is 2.74 bits per heavy atom. The van der Waals surface area contributed by atoms with Gasteiger partial charge in [-0.2, -0.15) is 0 Å². The highest BCUT2D eigenvalue weighted by Gasteiger charge is 2.34. The van der Waals surface area contributed by atoms with E-state index in [-0.39, 0.29) is 5.41 Å². The minimum Gasteiger partial charge on any atom is -0.396 e. The molecule has 0 spiro atoms. The normalized spacial score (nSPS) is 30.6. The molecule has 0 aromatic rings. The number of ether oxygens (including phenoxy) is 1. The van der Waals surface area contributed by atoms with Gasteiger partial charge in [-0.05, 0) is 38.0 Å². The second-order valence-corrected chi connectivity index (χ2v) is 6.59. The lowest BCUT2D eigenvalue weighted by atomic mass is 9.80. The fraction of sp³-hybridized carbons (Fsp3) is 1.00. The zero-order chi connectivity index (χ0) is 13.6. The van der Waals surface area contributed by atoms with E-state index >= 15 is 0 Å². The lowest BCUT2D eigenvalue weighted by molar-refractivity contribution is -0.0171. The second-order valence-electron chi connectivity index (χ2n) is 6.59. The van der Waals surface area contributed by atoms with Gasteiger partial charge < -0.3 is 15.2 Å². The first kappa shape index (κ1) is 15.3. The Bertz CT molecular complexity index is 251. The summed E-state index contributed by atoms with van der Waals surface area (Å²) in [7, 11) is 0. The average Bonchev–Trinajstić information content (AvgIpc) is 2.91. The van der Waals surface area contributed by atoms with Gasteiger partial charge in [0.1, 0.15) is 0 Å². The van der Waals surface area contributed by atoms with E-state index in [2.05, 4.69) is 12.2 Å². The van der Waals surface area contributed by atoms with Crippen molar-refractivity contribution in [3.8, 4) is 0 Å². The van der Waals surface area contributed by atoms with E-state index in [4.69, 9.17) is 4.74 Å². The third kappa shape index (κ3) is 4.17. The summed E-state index contributed by atoms with van der Waals surface area (Å²) in [6, 6.07) is 0.692. The quantitative estimate of drug-likeness (QED) is 0.746. The highest BCUT2D eigenvalue weighted by Crippen LogP contribution is 2.33. The summed E-state index contributed by atoms with van der Waals surface area (Å²) in [5, 5.41) is 13.5. The Balaban J connectivity index is 1.79. The van der Waals surface area contributed by atoms with Gasteiger partial charge in [0.15, 0.2) is 0 Å². The number of aliphatic hydroxyl groups excluding tert-OH is 1. The highest BCUT2D eigenvalue weighted by molar-refractivity contribution is 4.89. The maximum atomic E-state index is 9.73. The first-order valence-corrected chi connectivity index (χ1v) is 8.22. The number of nitrogens with one attached hydrogen (secondary N) is 1. The molecule has 112 valence electrons. The van der Waals surface area contributed by atoms with Crippen molar-refractivity contribution >= 4 is 0 Å². The van der Waals surface area contributed by atoms with Crippen LogP contribution in [0.4, 0.5) is 0 Å². The van der Waals surface area contributed by atoms with Crippen LogP contribution < -0.4 is 5.32 Å². The highest BCUT2D eigenvalue weighted by atomic mass is 16.5. The van der Waals surface area contributed by atoms with Gasteiger partial charge in [0.2, 0.25) is 0 Å². The van der Waals surface area contributed by atoms with E-state index in [1.54, 1.807) is 0 Å². The van der Waals surface area contributed by atoms with Crippen molar-refractivity contribution in [2.75, 3.05) is 26.4 Å². The summed E-state index contributed by atoms with van der Waals surface area (Å²) in [4.78, 5) is 0. The number of hydrogen-bond acceptors (Lipinski definition) is 3. The summed E-state index contributed by atoms with van der Waals surface area (Å²) in [5.74, 6) is 0.871. The van der Waals surface area contributed by atoms with Crippen LogP contribution in [-0.2, 0) is 4.74 Å². The van der Waals surface area contributed by atoms with E-state index in [9.17, 15) is 5.11 Å². The minimum atomic E-state index is 0.0795. The molecule has 0 amide bonds. The predicted octanol–water partition coefficient (Wildman–Crippen LogP) is 2.72. The third-order valence-electron chi connectivity index (χ3n) is 5.22. The molecule has 1 saturated heterocycles. The van der Waals surface area contributed by atoms with Crippen LogP contribution in [0, 0.1) is 11.3 Å². The molecule has 1 saturated carbocycles. The molecule has 1 heterocycles. The largest absolute Gasteiger partial charge is 0.396 e. The van der Waals surface area contributed by atoms with Gasteiger partial charge in [-0.1, -0.05) is 26.2 Å². The van der Waals surface area contributed by atoms with Crippen LogP contribution in [0.3, 0.4) is 0 Å². The maximum absolute atomic E-state index is 9.73. The van der Waals surface area contributed by atoms with Crippen LogP contribution in [0.2, 0.25) is 0 Å². The molecule has 19 heavy (non-hydrogen) atoms. The molecule has 2 N–H and O–H groups in total. The van der Waals surface area contributed by atoms with Gasteiger partial charge in [0.25, 0.3) is 0 Å². The lowest BCUT2D eigenvalue weighted by Gasteiger charge is -2.37. The zero-order valence-corrected chi connectivity index (χ0v) is 12.5. The van der Waals surface area contributed by atoms with Crippen LogP contribution in [-0.4, -0.2) is 37.5 Å². The SMILES string of the molecule is CCCCC1CCCC1NCC1(CO)CCOCC1. The van der Waals surface area contributed by atoms with Crippen LogP contribution >= 0.6 is 0 Å². The molecule has 3 nitrogen and oxygen atoms in total. The standard InChI is InChI=1S/C16H31NO2/c1-2-3-5-14-6-4-7-15(14)17-12-16(13-18)8-10-19-11-9-16/h14-15,17-18H,2-13H2,1H3. The topological polar surface area (TPSA) is 41.5 Å². The van der Waals surface area contributed by atoms with Gasteiger partial charge in [-0.25, -0.2) is 0 Å². The summed E-state index contributed by atoms with van der Waals surface area (Å²) >= 11 is 0. The average molecular weight is 269 g/mol. The first-order valence-electron chi connectivity index (χ1n) is 8.22. The van der Waals surface area contributed by atoms with Gasteiger partial charge >= 0.3 is 0 Å². The smallest absolute Gasteiger partial charge is 0.0501 e. The fourth-order valence-electron chi connectivity index (χ4n) is 3.66. The Morgan fingerprint density at radius 1 is 1.26 bits per heavy atom. The van der Waals surface area contributed by atoms with Gasteiger partial charge in [-0.3, -0.25) is 0 Å². The molecule has 2 atom stereocenters. The van der Waals surface area contributed by atoms with E-state index in [0.717, 1.165) is 38.5 Å². The molecule has 3 heteroatoms. The molecule has 0 radical (unpaired) electrons. The van der Waals surface area contributed by atoms with Crippen molar-refractivity contribution < 1.29 is 9.84 Å². The molecule has 2 aliphatic rings.